The van der Waals surface area contributed by atoms with E-state index in [9.17, 15) is 0 Å². The second-order valence-electron chi connectivity index (χ2n) is 7.01. The maximum Gasteiger partial charge on any atom is 0.212 e. The van der Waals surface area contributed by atoms with Crippen molar-refractivity contribution < 1.29 is 4.57 Å². The molecule has 2 aliphatic rings. The Balaban J connectivity index is 1.85. The first-order valence-electron chi connectivity index (χ1n) is 8.29. The minimum absolute atomic E-state index is 1.08. The van der Waals surface area contributed by atoms with Gasteiger partial charge in [-0.05, 0) is 36.6 Å². The van der Waals surface area contributed by atoms with Gasteiger partial charge in [-0.2, -0.15) is 0 Å². The van der Waals surface area contributed by atoms with Gasteiger partial charge >= 0.3 is 0 Å². The van der Waals surface area contributed by atoms with E-state index in [0.717, 1.165) is 0 Å². The molecule has 2 aromatic rings. The van der Waals surface area contributed by atoms with Gasteiger partial charge in [-0.25, -0.2) is 4.57 Å². The molecule has 0 atom stereocenters. The highest BCUT2D eigenvalue weighted by atomic mass is 28.3. The number of fused-ring (bicyclic) bond motifs is 2. The summed E-state index contributed by atoms with van der Waals surface area (Å²) < 4.78 is 2.39. The third-order valence-electron chi connectivity index (χ3n) is 5.79. The zero-order valence-electron chi connectivity index (χ0n) is 13.2. The van der Waals surface area contributed by atoms with Crippen molar-refractivity contribution in [3.63, 3.8) is 0 Å². The molecule has 2 heteroatoms. The summed E-state index contributed by atoms with van der Waals surface area (Å²) in [4.78, 5) is 0. The number of pyridine rings is 1. The van der Waals surface area contributed by atoms with E-state index >= 15 is 0 Å². The molecule has 3 heterocycles. The van der Waals surface area contributed by atoms with Crippen LogP contribution in [0.3, 0.4) is 0 Å². The van der Waals surface area contributed by atoms with E-state index < -0.39 is 8.07 Å². The van der Waals surface area contributed by atoms with Crippen LogP contribution in [0.2, 0.25) is 18.1 Å². The monoisotopic (exact) mass is 294 g/mol. The first kappa shape index (κ1) is 13.3. The molecule has 1 saturated heterocycles. The number of aryl methyl sites for hydroxylation is 3. The van der Waals surface area contributed by atoms with Gasteiger partial charge < -0.3 is 0 Å². The molecule has 0 saturated carbocycles. The van der Waals surface area contributed by atoms with Crippen LogP contribution in [0.1, 0.15) is 24.0 Å². The number of benzene rings is 1. The normalized spacial score (nSPS) is 19.1. The minimum atomic E-state index is -1.08. The number of rotatable bonds is 1. The molecule has 0 unspecified atom stereocenters. The molecule has 1 spiro atoms. The number of hydrogen-bond donors (Lipinski definition) is 0. The molecule has 0 aliphatic carbocycles. The molecule has 0 radical (unpaired) electrons. The zero-order chi connectivity index (χ0) is 14.4. The average molecular weight is 294 g/mol. The number of aromatic nitrogens is 1. The predicted molar refractivity (Wildman–Crippen MR) is 90.5 cm³/mol. The van der Waals surface area contributed by atoms with Gasteiger partial charge in [0.2, 0.25) is 5.69 Å². The van der Waals surface area contributed by atoms with Crippen molar-refractivity contribution in [3.8, 4) is 11.3 Å². The summed E-state index contributed by atoms with van der Waals surface area (Å²) in [6.45, 7) is 2.22. The third-order valence-corrected chi connectivity index (χ3v) is 11.2. The number of nitrogens with zero attached hydrogens (tertiary/aromatic N) is 1. The zero-order valence-corrected chi connectivity index (χ0v) is 14.2. The summed E-state index contributed by atoms with van der Waals surface area (Å²) in [5, 5.41) is 1.79. The second kappa shape index (κ2) is 4.81. The molecule has 1 nitrogen and oxygen atoms in total. The Kier molecular flexibility index (Phi) is 3.04. The van der Waals surface area contributed by atoms with Crippen LogP contribution in [-0.2, 0) is 13.5 Å². The summed E-state index contributed by atoms with van der Waals surface area (Å²) in [5.74, 6) is 0. The van der Waals surface area contributed by atoms with Gasteiger partial charge in [0, 0.05) is 16.8 Å². The van der Waals surface area contributed by atoms with Gasteiger partial charge in [-0.1, -0.05) is 43.1 Å². The Labute approximate surface area is 128 Å². The van der Waals surface area contributed by atoms with E-state index in [1.165, 1.54) is 42.1 Å². The highest BCUT2D eigenvalue weighted by Crippen LogP contribution is 2.38. The average Bonchev–Trinajstić information content (AvgIpc) is 3.09. The second-order valence-corrected chi connectivity index (χ2v) is 11.6. The van der Waals surface area contributed by atoms with Crippen molar-refractivity contribution in [1.82, 2.24) is 0 Å². The van der Waals surface area contributed by atoms with E-state index in [4.69, 9.17) is 0 Å². The molecule has 2 aliphatic heterocycles. The Morgan fingerprint density at radius 2 is 1.81 bits per heavy atom. The summed E-state index contributed by atoms with van der Waals surface area (Å²) in [6.07, 6.45) is 6.80. The molecule has 4 rings (SSSR count). The van der Waals surface area contributed by atoms with Crippen molar-refractivity contribution in [2.45, 2.75) is 44.3 Å². The Hall–Kier alpha value is -1.41. The van der Waals surface area contributed by atoms with E-state index in [2.05, 4.69) is 55.1 Å². The fraction of sp³-hybridized carbons (Fsp3) is 0.421. The van der Waals surface area contributed by atoms with E-state index in [-0.39, 0.29) is 0 Å². The van der Waals surface area contributed by atoms with Gasteiger partial charge in [0.1, 0.15) is 7.05 Å². The highest BCUT2D eigenvalue weighted by Gasteiger charge is 2.45. The lowest BCUT2D eigenvalue weighted by Gasteiger charge is -2.20. The molecule has 0 bridgehead atoms. The molecule has 0 amide bonds. The van der Waals surface area contributed by atoms with Gasteiger partial charge in [0.25, 0.3) is 0 Å². The smallest absolute Gasteiger partial charge is 0.201 e. The van der Waals surface area contributed by atoms with E-state index in [1.54, 1.807) is 22.8 Å². The van der Waals surface area contributed by atoms with Crippen LogP contribution in [0, 0.1) is 6.92 Å². The fourth-order valence-corrected chi connectivity index (χ4v) is 10.1. The summed E-state index contributed by atoms with van der Waals surface area (Å²) in [5.41, 5.74) is 5.81. The highest BCUT2D eigenvalue weighted by molar-refractivity contribution is 6.93. The van der Waals surface area contributed by atoms with Gasteiger partial charge in [-0.15, -0.1) is 0 Å². The minimum Gasteiger partial charge on any atom is -0.201 e. The predicted octanol–water partition coefficient (Wildman–Crippen LogP) is 3.49. The Morgan fingerprint density at radius 1 is 1.05 bits per heavy atom. The summed E-state index contributed by atoms with van der Waals surface area (Å²) >= 11 is 0. The van der Waals surface area contributed by atoms with Gasteiger partial charge in [0.15, 0.2) is 6.20 Å². The van der Waals surface area contributed by atoms with Crippen LogP contribution in [0.4, 0.5) is 0 Å². The summed E-state index contributed by atoms with van der Waals surface area (Å²) in [6, 6.07) is 15.9. The molecule has 1 fully saturated rings. The van der Waals surface area contributed by atoms with Crippen molar-refractivity contribution in [2.24, 2.45) is 7.05 Å². The summed E-state index contributed by atoms with van der Waals surface area (Å²) in [7, 11) is 1.15. The molecule has 1 aromatic heterocycles. The lowest BCUT2D eigenvalue weighted by atomic mass is 10.0. The molecule has 21 heavy (non-hydrogen) atoms. The Morgan fingerprint density at radius 3 is 2.57 bits per heavy atom. The van der Waals surface area contributed by atoms with Gasteiger partial charge in [-0.3, -0.25) is 0 Å². The SMILES string of the molecule is Cc1ccccc1-c1cc2c(c[n+]1C)[Si]1(CCCC1)CC2. The van der Waals surface area contributed by atoms with Crippen LogP contribution in [0.5, 0.6) is 0 Å². The Bertz CT molecular complexity index is 699. The lowest BCUT2D eigenvalue weighted by molar-refractivity contribution is -0.659. The largest absolute Gasteiger partial charge is 0.212 e. The van der Waals surface area contributed by atoms with Crippen molar-refractivity contribution in [3.05, 3.63) is 47.7 Å². The fourth-order valence-electron chi connectivity index (χ4n) is 4.58. The molecular formula is C19H24NSi+. The van der Waals surface area contributed by atoms with Crippen LogP contribution < -0.4 is 9.75 Å². The van der Waals surface area contributed by atoms with Crippen molar-refractivity contribution >= 4 is 13.3 Å². The topological polar surface area (TPSA) is 3.88 Å². The van der Waals surface area contributed by atoms with Crippen LogP contribution in [0.25, 0.3) is 11.3 Å². The molecule has 108 valence electrons. The lowest BCUT2D eigenvalue weighted by Crippen LogP contribution is -2.47. The first-order chi connectivity index (χ1) is 10.2. The maximum absolute atomic E-state index is 2.50. The van der Waals surface area contributed by atoms with Crippen LogP contribution >= 0.6 is 0 Å². The van der Waals surface area contributed by atoms with E-state index in [0.29, 0.717) is 0 Å². The molecule has 0 N–H and O–H groups in total. The van der Waals surface area contributed by atoms with Crippen LogP contribution in [0.15, 0.2) is 36.5 Å². The maximum atomic E-state index is 2.50. The quantitative estimate of drug-likeness (QED) is 0.560. The third kappa shape index (κ3) is 2.00. The molecule has 1 aromatic carbocycles. The van der Waals surface area contributed by atoms with E-state index in [1.807, 2.05) is 0 Å². The van der Waals surface area contributed by atoms with Crippen molar-refractivity contribution in [1.29, 1.82) is 0 Å². The number of hydrogen-bond acceptors (Lipinski definition) is 0. The van der Waals surface area contributed by atoms with Crippen molar-refractivity contribution in [2.75, 3.05) is 0 Å². The molecular weight excluding hydrogens is 270 g/mol. The first-order valence-corrected chi connectivity index (χ1v) is 10.9. The van der Waals surface area contributed by atoms with Crippen LogP contribution in [-0.4, -0.2) is 8.07 Å². The van der Waals surface area contributed by atoms with Gasteiger partial charge in [0.05, 0.1) is 8.07 Å². The standard InChI is InChI=1S/C19H24NSi/c1-15-7-3-4-8-17(15)18-13-16-9-12-21(10-5-6-11-21)19(16)14-20(18)2/h3-4,7-8,13-14H,5-6,9-12H2,1-2H3/q+1.